The van der Waals surface area contributed by atoms with Crippen LogP contribution in [0.25, 0.3) is 0 Å². The topological polar surface area (TPSA) is 52.0 Å². The van der Waals surface area contributed by atoms with Crippen molar-refractivity contribution >= 4 is 0 Å². The summed E-state index contributed by atoms with van der Waals surface area (Å²) in [5, 5.41) is 0. The molecule has 0 bridgehead atoms. The SMILES string of the molecule is Cc1oc(CCc2ccc(F)cc2)nc1CCN. The molecule has 1 aromatic heterocycles. The lowest BCUT2D eigenvalue weighted by molar-refractivity contribution is 0.469. The van der Waals surface area contributed by atoms with Crippen molar-refractivity contribution in [3.63, 3.8) is 0 Å². The average Bonchev–Trinajstić information content (AvgIpc) is 2.70. The van der Waals surface area contributed by atoms with Crippen LogP contribution >= 0.6 is 0 Å². The van der Waals surface area contributed by atoms with Crippen LogP contribution in [0.1, 0.15) is 22.9 Å². The molecule has 0 saturated carbocycles. The number of nitrogens with zero attached hydrogens (tertiary/aromatic N) is 1. The summed E-state index contributed by atoms with van der Waals surface area (Å²) in [4.78, 5) is 4.41. The van der Waals surface area contributed by atoms with E-state index in [0.29, 0.717) is 6.54 Å². The van der Waals surface area contributed by atoms with Crippen molar-refractivity contribution < 1.29 is 8.81 Å². The first-order valence-electron chi connectivity index (χ1n) is 6.08. The van der Waals surface area contributed by atoms with Gasteiger partial charge in [-0.1, -0.05) is 12.1 Å². The molecule has 0 spiro atoms. The van der Waals surface area contributed by atoms with E-state index in [1.54, 1.807) is 12.1 Å². The van der Waals surface area contributed by atoms with E-state index in [2.05, 4.69) is 4.98 Å². The largest absolute Gasteiger partial charge is 0.446 e. The standard InChI is InChI=1S/C14H17FN2O/c1-10-13(8-9-16)17-14(18-10)7-4-11-2-5-12(15)6-3-11/h2-3,5-6H,4,7-9,16H2,1H3. The van der Waals surface area contributed by atoms with E-state index in [0.717, 1.165) is 42.2 Å². The Hall–Kier alpha value is -1.68. The van der Waals surface area contributed by atoms with Gasteiger partial charge in [-0.05, 0) is 37.6 Å². The summed E-state index contributed by atoms with van der Waals surface area (Å²) >= 11 is 0. The molecule has 2 rings (SSSR count). The lowest BCUT2D eigenvalue weighted by Gasteiger charge is -1.98. The van der Waals surface area contributed by atoms with E-state index in [-0.39, 0.29) is 5.82 Å². The van der Waals surface area contributed by atoms with E-state index in [1.807, 2.05) is 6.92 Å². The van der Waals surface area contributed by atoms with Gasteiger partial charge in [0.05, 0.1) is 5.69 Å². The number of aryl methyl sites for hydroxylation is 3. The van der Waals surface area contributed by atoms with E-state index >= 15 is 0 Å². The van der Waals surface area contributed by atoms with E-state index in [4.69, 9.17) is 10.2 Å². The van der Waals surface area contributed by atoms with Crippen LogP contribution in [0.15, 0.2) is 28.7 Å². The second-order valence-electron chi connectivity index (χ2n) is 4.28. The third-order valence-electron chi connectivity index (χ3n) is 2.86. The Morgan fingerprint density at radius 2 is 1.89 bits per heavy atom. The van der Waals surface area contributed by atoms with Gasteiger partial charge in [-0.3, -0.25) is 0 Å². The van der Waals surface area contributed by atoms with Gasteiger partial charge >= 0.3 is 0 Å². The molecule has 1 heterocycles. The molecule has 1 aromatic carbocycles. The summed E-state index contributed by atoms with van der Waals surface area (Å²) in [6.07, 6.45) is 2.26. The zero-order chi connectivity index (χ0) is 13.0. The second kappa shape index (κ2) is 5.78. The summed E-state index contributed by atoms with van der Waals surface area (Å²) in [5.74, 6) is 1.35. The Labute approximate surface area is 106 Å². The quantitative estimate of drug-likeness (QED) is 0.884. The third kappa shape index (κ3) is 3.17. The van der Waals surface area contributed by atoms with Gasteiger partial charge in [0, 0.05) is 12.8 Å². The van der Waals surface area contributed by atoms with Crippen LogP contribution in [0, 0.1) is 12.7 Å². The average molecular weight is 248 g/mol. The first kappa shape index (κ1) is 12.8. The molecule has 0 radical (unpaired) electrons. The van der Waals surface area contributed by atoms with Gasteiger partial charge in [-0.25, -0.2) is 9.37 Å². The van der Waals surface area contributed by atoms with Gasteiger partial charge < -0.3 is 10.2 Å². The van der Waals surface area contributed by atoms with Crippen molar-refractivity contribution in [2.75, 3.05) is 6.54 Å². The number of oxazole rings is 1. The Morgan fingerprint density at radius 1 is 1.17 bits per heavy atom. The summed E-state index contributed by atoms with van der Waals surface area (Å²) in [6, 6.07) is 6.50. The van der Waals surface area contributed by atoms with Gasteiger partial charge in [0.15, 0.2) is 5.89 Å². The molecule has 0 amide bonds. The highest BCUT2D eigenvalue weighted by Gasteiger charge is 2.08. The first-order valence-corrected chi connectivity index (χ1v) is 6.08. The molecular formula is C14H17FN2O. The molecule has 18 heavy (non-hydrogen) atoms. The molecule has 2 aromatic rings. The molecule has 4 heteroatoms. The molecule has 0 unspecified atom stereocenters. The molecule has 0 saturated heterocycles. The van der Waals surface area contributed by atoms with Crippen molar-refractivity contribution in [1.82, 2.24) is 4.98 Å². The fraction of sp³-hybridized carbons (Fsp3) is 0.357. The molecule has 2 N–H and O–H groups in total. The number of benzene rings is 1. The smallest absolute Gasteiger partial charge is 0.194 e. The molecule has 3 nitrogen and oxygen atoms in total. The molecule has 96 valence electrons. The maximum Gasteiger partial charge on any atom is 0.194 e. The Kier molecular flexibility index (Phi) is 4.10. The molecule has 0 fully saturated rings. The summed E-state index contributed by atoms with van der Waals surface area (Å²) in [7, 11) is 0. The van der Waals surface area contributed by atoms with Crippen molar-refractivity contribution in [2.45, 2.75) is 26.2 Å². The minimum atomic E-state index is -0.212. The number of halogens is 1. The summed E-state index contributed by atoms with van der Waals surface area (Å²) < 4.78 is 18.3. The highest BCUT2D eigenvalue weighted by Crippen LogP contribution is 2.13. The van der Waals surface area contributed by atoms with Crippen LogP contribution < -0.4 is 5.73 Å². The van der Waals surface area contributed by atoms with E-state index in [9.17, 15) is 4.39 Å². The van der Waals surface area contributed by atoms with Gasteiger partial charge in [0.25, 0.3) is 0 Å². The van der Waals surface area contributed by atoms with Crippen molar-refractivity contribution in [2.24, 2.45) is 5.73 Å². The van der Waals surface area contributed by atoms with Crippen molar-refractivity contribution in [3.05, 3.63) is 53.0 Å². The Balaban J connectivity index is 1.97. The predicted octanol–water partition coefficient (Wildman–Crippen LogP) is 2.41. The first-order chi connectivity index (χ1) is 8.69. The number of hydrogen-bond acceptors (Lipinski definition) is 3. The zero-order valence-electron chi connectivity index (χ0n) is 10.4. The predicted molar refractivity (Wildman–Crippen MR) is 67.8 cm³/mol. The Bertz CT molecular complexity index is 505. The van der Waals surface area contributed by atoms with Crippen LogP contribution in [-0.2, 0) is 19.3 Å². The van der Waals surface area contributed by atoms with Gasteiger partial charge in [-0.15, -0.1) is 0 Å². The summed E-state index contributed by atoms with van der Waals surface area (Å²) in [6.45, 7) is 2.48. The fourth-order valence-electron chi connectivity index (χ4n) is 1.87. The normalized spacial score (nSPS) is 10.8. The molecule has 0 aliphatic heterocycles. The molecule has 0 aliphatic rings. The minimum absolute atomic E-state index is 0.212. The fourth-order valence-corrected chi connectivity index (χ4v) is 1.87. The lowest BCUT2D eigenvalue weighted by Crippen LogP contribution is -2.04. The van der Waals surface area contributed by atoms with Crippen LogP contribution in [0.4, 0.5) is 4.39 Å². The van der Waals surface area contributed by atoms with Crippen molar-refractivity contribution in [1.29, 1.82) is 0 Å². The maximum absolute atomic E-state index is 12.7. The van der Waals surface area contributed by atoms with E-state index in [1.165, 1.54) is 12.1 Å². The highest BCUT2D eigenvalue weighted by molar-refractivity contribution is 5.17. The Morgan fingerprint density at radius 3 is 2.56 bits per heavy atom. The van der Waals surface area contributed by atoms with Gasteiger partial charge in [0.1, 0.15) is 11.6 Å². The number of hydrogen-bond donors (Lipinski definition) is 1. The van der Waals surface area contributed by atoms with E-state index < -0.39 is 0 Å². The van der Waals surface area contributed by atoms with Crippen LogP contribution in [0.2, 0.25) is 0 Å². The van der Waals surface area contributed by atoms with Crippen LogP contribution in [0.5, 0.6) is 0 Å². The number of rotatable bonds is 5. The maximum atomic E-state index is 12.7. The number of aromatic nitrogens is 1. The zero-order valence-corrected chi connectivity index (χ0v) is 10.4. The second-order valence-corrected chi connectivity index (χ2v) is 4.28. The van der Waals surface area contributed by atoms with Crippen LogP contribution in [0.3, 0.4) is 0 Å². The number of nitrogens with two attached hydrogens (primary N) is 1. The minimum Gasteiger partial charge on any atom is -0.446 e. The molecular weight excluding hydrogens is 231 g/mol. The highest BCUT2D eigenvalue weighted by atomic mass is 19.1. The van der Waals surface area contributed by atoms with Gasteiger partial charge in [-0.2, -0.15) is 0 Å². The van der Waals surface area contributed by atoms with Gasteiger partial charge in [0.2, 0.25) is 0 Å². The molecule has 0 aliphatic carbocycles. The monoisotopic (exact) mass is 248 g/mol. The van der Waals surface area contributed by atoms with Crippen LogP contribution in [-0.4, -0.2) is 11.5 Å². The summed E-state index contributed by atoms with van der Waals surface area (Å²) in [5.41, 5.74) is 7.51. The molecule has 0 atom stereocenters. The third-order valence-corrected chi connectivity index (χ3v) is 2.86. The van der Waals surface area contributed by atoms with Crippen molar-refractivity contribution in [3.8, 4) is 0 Å². The lowest BCUT2D eigenvalue weighted by atomic mass is 10.1.